The Balaban J connectivity index is 0.00000576. The van der Waals surface area contributed by atoms with Crippen LogP contribution in [0.25, 0.3) is 79.2 Å². The van der Waals surface area contributed by atoms with Crippen LogP contribution in [-0.4, -0.2) is 71.8 Å². The van der Waals surface area contributed by atoms with Gasteiger partial charge in [-0.15, -0.1) is 12.4 Å². The first-order valence-electron chi connectivity index (χ1n) is 18.7. The third-order valence-corrected chi connectivity index (χ3v) is 13.9. The van der Waals surface area contributed by atoms with E-state index in [1.165, 1.54) is 97.1 Å². The summed E-state index contributed by atoms with van der Waals surface area (Å²) in [7, 11) is -18.5. The van der Waals surface area contributed by atoms with E-state index in [9.17, 15) is 51.9 Å². The molecule has 2 aliphatic rings. The van der Waals surface area contributed by atoms with Gasteiger partial charge in [-0.25, -0.2) is 9.97 Å². The SMILES string of the molecule is Cl.O=S(=O)(O)c1ccc(C2=Cc3cc4ccc(cc5nc(cc6[nH]c(c(-c7ccc(S(=O)(=O)O)cc7)c2n3)c(-c2ccc(S(=O)(=O)O)cc2)c6-c2ccc(S(=O)(=O)O)cc2)C=C5)[nH]4)cc1. The molecule has 21 heteroatoms. The van der Waals surface area contributed by atoms with E-state index < -0.39 is 55.2 Å². The second kappa shape index (κ2) is 16.4. The number of fused-ring (bicyclic) bond motifs is 8. The molecule has 2 aliphatic heterocycles. The average molecular weight is 971 g/mol. The van der Waals surface area contributed by atoms with E-state index in [-0.39, 0.29) is 28.5 Å². The van der Waals surface area contributed by atoms with Crippen LogP contribution >= 0.6 is 12.4 Å². The van der Waals surface area contributed by atoms with Crippen LogP contribution in [0.3, 0.4) is 0 Å². The van der Waals surface area contributed by atoms with E-state index in [1.54, 1.807) is 30.4 Å². The summed E-state index contributed by atoms with van der Waals surface area (Å²) in [6.07, 6.45) is 5.30. The van der Waals surface area contributed by atoms with E-state index in [0.717, 1.165) is 0 Å². The van der Waals surface area contributed by atoms with E-state index >= 15 is 0 Å². The van der Waals surface area contributed by atoms with Crippen molar-refractivity contribution < 1.29 is 51.9 Å². The highest BCUT2D eigenvalue weighted by molar-refractivity contribution is 7.86. The number of rotatable bonds is 8. The average Bonchev–Trinajstić information content (AvgIpc) is 4.05. The lowest BCUT2D eigenvalue weighted by molar-refractivity contribution is 0.481. The summed E-state index contributed by atoms with van der Waals surface area (Å²) in [5.74, 6) is 0. The first-order valence-corrected chi connectivity index (χ1v) is 24.5. The van der Waals surface area contributed by atoms with Crippen LogP contribution in [0, 0.1) is 0 Å². The number of H-pyrrole nitrogens is 2. The van der Waals surface area contributed by atoms with Crippen LogP contribution < -0.4 is 0 Å². The Morgan fingerprint density at radius 2 is 0.785 bits per heavy atom. The standard InChI is InChI=1S/C44H30N4O12S4.ClH/c49-61(50,51)34-13-1-25(2-14-34)38-23-33-22-31-10-9-29(45-31)21-30-11-12-32(46-30)24-39-40(26-3-15-35(16-4-26)62(52,53)54)41(27-5-17-36(18-6-27)63(55,56)57)44(48-39)42(43(38)47-33)28-7-19-37(20-8-28)64(58,59)60;/h1-24,45,48H,(H,49,50,51)(H,52,53,54)(H,55,56,57)(H,58,59,60);1H. The molecule has 0 aliphatic carbocycles. The van der Waals surface area contributed by atoms with Gasteiger partial charge in [-0.05, 0) is 119 Å². The molecular formula is C44H31ClN4O12S4. The third-order valence-electron chi connectivity index (χ3n) is 10.4. The van der Waals surface area contributed by atoms with Crippen LogP contribution in [0.15, 0.2) is 147 Å². The number of hydrogen-bond acceptors (Lipinski definition) is 10. The molecule has 5 heterocycles. The first kappa shape index (κ1) is 45.0. The van der Waals surface area contributed by atoms with Crippen LogP contribution in [0.5, 0.6) is 0 Å². The second-order valence-corrected chi connectivity index (χ2v) is 20.3. The van der Waals surface area contributed by atoms with Crippen molar-refractivity contribution in [3.05, 3.63) is 156 Å². The lowest BCUT2D eigenvalue weighted by atomic mass is 9.91. The van der Waals surface area contributed by atoms with Gasteiger partial charge in [0.1, 0.15) is 0 Å². The summed E-state index contributed by atoms with van der Waals surface area (Å²) in [5, 5.41) is 0. The van der Waals surface area contributed by atoms with Gasteiger partial charge in [0.25, 0.3) is 40.5 Å². The molecule has 9 rings (SSSR count). The molecule has 0 unspecified atom stereocenters. The molecule has 8 bridgehead atoms. The minimum absolute atomic E-state index is 0. The smallest absolute Gasteiger partial charge is 0.294 e. The summed E-state index contributed by atoms with van der Waals surface area (Å²) >= 11 is 0. The quantitative estimate of drug-likeness (QED) is 0.0780. The summed E-state index contributed by atoms with van der Waals surface area (Å²) in [6, 6.07) is 30.2. The van der Waals surface area contributed by atoms with Gasteiger partial charge in [-0.1, -0.05) is 48.5 Å². The molecule has 7 aromatic rings. The number of halogens is 1. The normalized spacial score (nSPS) is 13.0. The van der Waals surface area contributed by atoms with E-state index in [1.807, 2.05) is 18.2 Å². The van der Waals surface area contributed by atoms with Gasteiger partial charge in [0.2, 0.25) is 0 Å². The first-order chi connectivity index (χ1) is 30.2. The molecule has 0 saturated carbocycles. The van der Waals surface area contributed by atoms with Gasteiger partial charge < -0.3 is 9.97 Å². The molecule has 0 atom stereocenters. The van der Waals surface area contributed by atoms with Crippen molar-refractivity contribution in [2.45, 2.75) is 19.6 Å². The maximum absolute atomic E-state index is 12.3. The lowest BCUT2D eigenvalue weighted by Gasteiger charge is -2.13. The number of nitrogens with zero attached hydrogens (tertiary/aromatic N) is 2. The van der Waals surface area contributed by atoms with Crippen LogP contribution in [0.2, 0.25) is 0 Å². The Morgan fingerprint density at radius 1 is 0.400 bits per heavy atom. The molecule has 3 aromatic heterocycles. The van der Waals surface area contributed by atoms with E-state index in [4.69, 9.17) is 9.97 Å². The maximum atomic E-state index is 12.3. The van der Waals surface area contributed by atoms with Gasteiger partial charge in [-0.2, -0.15) is 33.7 Å². The van der Waals surface area contributed by atoms with Gasteiger partial charge in [-0.3, -0.25) is 18.2 Å². The molecule has 0 fully saturated rings. The minimum atomic E-state index is -4.67. The molecule has 65 heavy (non-hydrogen) atoms. The highest BCUT2D eigenvalue weighted by Crippen LogP contribution is 2.46. The van der Waals surface area contributed by atoms with Crippen molar-refractivity contribution in [2.24, 2.45) is 0 Å². The Morgan fingerprint density at radius 3 is 1.23 bits per heavy atom. The van der Waals surface area contributed by atoms with Gasteiger partial charge in [0, 0.05) is 38.8 Å². The lowest BCUT2D eigenvalue weighted by Crippen LogP contribution is -1.99. The van der Waals surface area contributed by atoms with E-state index in [0.29, 0.717) is 78.1 Å². The zero-order valence-electron chi connectivity index (χ0n) is 32.8. The van der Waals surface area contributed by atoms with Crippen LogP contribution in [0.1, 0.15) is 28.3 Å². The molecule has 0 radical (unpaired) electrons. The Bertz CT molecular complexity index is 3800. The van der Waals surface area contributed by atoms with Crippen LogP contribution in [0.4, 0.5) is 0 Å². The van der Waals surface area contributed by atoms with Crippen LogP contribution in [-0.2, 0) is 40.5 Å². The number of nitrogens with one attached hydrogen (secondary N) is 2. The number of hydrogen-bond donors (Lipinski definition) is 6. The number of aromatic nitrogens is 4. The highest BCUT2D eigenvalue weighted by atomic mass is 35.5. The summed E-state index contributed by atoms with van der Waals surface area (Å²) in [4.78, 5) is 15.1. The van der Waals surface area contributed by atoms with Crippen molar-refractivity contribution in [3.63, 3.8) is 0 Å². The third kappa shape index (κ3) is 9.07. The van der Waals surface area contributed by atoms with Gasteiger partial charge in [0.05, 0.1) is 47.9 Å². The van der Waals surface area contributed by atoms with Crippen molar-refractivity contribution in [1.82, 2.24) is 19.9 Å². The molecular weight excluding hydrogens is 940 g/mol. The van der Waals surface area contributed by atoms with Crippen molar-refractivity contribution >= 4 is 98.7 Å². The van der Waals surface area contributed by atoms with Gasteiger partial charge >= 0.3 is 0 Å². The molecule has 0 amide bonds. The summed E-state index contributed by atoms with van der Waals surface area (Å²) in [5.41, 5.74) is 6.76. The number of benzene rings is 4. The minimum Gasteiger partial charge on any atom is -0.355 e. The predicted molar refractivity (Wildman–Crippen MR) is 246 cm³/mol. The zero-order chi connectivity index (χ0) is 45.3. The Kier molecular flexibility index (Phi) is 11.4. The van der Waals surface area contributed by atoms with E-state index in [2.05, 4.69) is 9.97 Å². The monoisotopic (exact) mass is 970 g/mol. The molecule has 16 nitrogen and oxygen atoms in total. The topological polar surface area (TPSA) is 275 Å². The molecule has 6 N–H and O–H groups in total. The summed E-state index contributed by atoms with van der Waals surface area (Å²) in [6.45, 7) is 0. The summed E-state index contributed by atoms with van der Waals surface area (Å²) < 4.78 is 137. The molecule has 0 spiro atoms. The van der Waals surface area contributed by atoms with Crippen molar-refractivity contribution in [2.75, 3.05) is 0 Å². The molecule has 4 aromatic carbocycles. The number of aromatic amines is 2. The largest absolute Gasteiger partial charge is 0.355 e. The van der Waals surface area contributed by atoms with Crippen molar-refractivity contribution in [1.29, 1.82) is 0 Å². The second-order valence-electron chi connectivity index (χ2n) is 14.6. The maximum Gasteiger partial charge on any atom is 0.294 e. The zero-order valence-corrected chi connectivity index (χ0v) is 36.9. The molecule has 0 saturated heterocycles. The predicted octanol–water partition coefficient (Wildman–Crippen LogP) is 8.48. The van der Waals surface area contributed by atoms with Crippen molar-refractivity contribution in [3.8, 4) is 33.4 Å². The Labute approximate surface area is 377 Å². The fraction of sp³-hybridized carbons (Fsp3) is 0. The highest BCUT2D eigenvalue weighted by Gasteiger charge is 2.26. The molecule has 330 valence electrons. The van der Waals surface area contributed by atoms with Gasteiger partial charge in [0.15, 0.2) is 0 Å². The fourth-order valence-corrected chi connectivity index (χ4v) is 9.45. The Hall–Kier alpha value is -6.59. The fourth-order valence-electron chi connectivity index (χ4n) is 7.53.